The van der Waals surface area contributed by atoms with Crippen LogP contribution < -0.4 is 0 Å². The van der Waals surface area contributed by atoms with E-state index in [0.29, 0.717) is 0 Å². The summed E-state index contributed by atoms with van der Waals surface area (Å²) in [5.41, 5.74) is 2.30. The maximum absolute atomic E-state index is 3.56. The molecular formula is C13H15Br. The van der Waals surface area contributed by atoms with Gasteiger partial charge in [0.05, 0.1) is 0 Å². The van der Waals surface area contributed by atoms with Gasteiger partial charge in [-0.2, -0.15) is 0 Å². The molecule has 2 saturated carbocycles. The normalized spacial score (nSPS) is 28.2. The minimum absolute atomic E-state index is 0.737. The highest BCUT2D eigenvalue weighted by molar-refractivity contribution is 9.10. The quantitative estimate of drug-likeness (QED) is 0.689. The molecule has 14 heavy (non-hydrogen) atoms. The summed E-state index contributed by atoms with van der Waals surface area (Å²) in [6.07, 6.45) is 7.31. The van der Waals surface area contributed by atoms with Crippen LogP contribution in [0.5, 0.6) is 0 Å². The lowest BCUT2D eigenvalue weighted by Gasteiger charge is -2.56. The second-order valence-corrected chi connectivity index (χ2v) is 5.78. The van der Waals surface area contributed by atoms with Crippen molar-refractivity contribution in [3.63, 3.8) is 0 Å². The van der Waals surface area contributed by atoms with Gasteiger partial charge in [0.1, 0.15) is 0 Å². The molecule has 1 atom stereocenters. The molecule has 0 heterocycles. The average molecular weight is 251 g/mol. The SMILES string of the molecule is Brc1cccc(C2CCC23CCC3)c1. The topological polar surface area (TPSA) is 0 Å². The third kappa shape index (κ3) is 1.18. The number of hydrogen-bond acceptors (Lipinski definition) is 0. The zero-order valence-electron chi connectivity index (χ0n) is 8.30. The predicted molar refractivity (Wildman–Crippen MR) is 62.4 cm³/mol. The standard InChI is InChI=1S/C13H15Br/c14-11-4-1-3-10(9-11)12-5-8-13(12)6-2-7-13/h1,3-4,9,12H,2,5-8H2. The lowest BCUT2D eigenvalue weighted by molar-refractivity contribution is -0.00200. The van der Waals surface area contributed by atoms with Gasteiger partial charge in [0.15, 0.2) is 0 Å². The molecule has 1 spiro atoms. The van der Waals surface area contributed by atoms with Crippen molar-refractivity contribution in [2.75, 3.05) is 0 Å². The molecule has 1 unspecified atom stereocenters. The molecule has 0 nitrogen and oxygen atoms in total. The van der Waals surface area contributed by atoms with Gasteiger partial charge in [0.2, 0.25) is 0 Å². The van der Waals surface area contributed by atoms with Gasteiger partial charge in [0.25, 0.3) is 0 Å². The Balaban J connectivity index is 1.89. The minimum atomic E-state index is 0.737. The first-order chi connectivity index (χ1) is 6.80. The summed E-state index contributed by atoms with van der Waals surface area (Å²) in [6, 6.07) is 8.90. The third-order valence-electron chi connectivity index (χ3n) is 4.27. The van der Waals surface area contributed by atoms with Crippen LogP contribution in [0.2, 0.25) is 0 Å². The van der Waals surface area contributed by atoms with E-state index in [9.17, 15) is 0 Å². The molecule has 2 fully saturated rings. The number of benzene rings is 1. The van der Waals surface area contributed by atoms with E-state index in [1.807, 2.05) is 0 Å². The molecule has 0 aliphatic heterocycles. The van der Waals surface area contributed by atoms with Crippen LogP contribution in [0.15, 0.2) is 28.7 Å². The van der Waals surface area contributed by atoms with Gasteiger partial charge in [-0.05, 0) is 54.7 Å². The Labute approximate surface area is 93.8 Å². The monoisotopic (exact) mass is 250 g/mol. The van der Waals surface area contributed by atoms with Crippen molar-refractivity contribution in [1.82, 2.24) is 0 Å². The molecular weight excluding hydrogens is 236 g/mol. The highest BCUT2D eigenvalue weighted by Crippen LogP contribution is 2.63. The van der Waals surface area contributed by atoms with E-state index in [4.69, 9.17) is 0 Å². The van der Waals surface area contributed by atoms with Gasteiger partial charge in [-0.25, -0.2) is 0 Å². The summed E-state index contributed by atoms with van der Waals surface area (Å²) in [5, 5.41) is 0. The van der Waals surface area contributed by atoms with Crippen molar-refractivity contribution < 1.29 is 0 Å². The molecule has 0 radical (unpaired) electrons. The molecule has 2 aliphatic carbocycles. The van der Waals surface area contributed by atoms with E-state index < -0.39 is 0 Å². The highest BCUT2D eigenvalue weighted by Gasteiger charge is 2.50. The Hall–Kier alpha value is -0.300. The molecule has 1 heteroatoms. The van der Waals surface area contributed by atoms with Crippen molar-refractivity contribution in [1.29, 1.82) is 0 Å². The predicted octanol–water partition coefficient (Wildman–Crippen LogP) is 4.50. The molecule has 0 N–H and O–H groups in total. The molecule has 74 valence electrons. The average Bonchev–Trinajstić information content (AvgIpc) is 1.99. The molecule has 1 aromatic carbocycles. The van der Waals surface area contributed by atoms with Crippen molar-refractivity contribution in [2.45, 2.75) is 38.0 Å². The third-order valence-corrected chi connectivity index (χ3v) is 4.76. The summed E-state index contributed by atoms with van der Waals surface area (Å²) in [5.74, 6) is 0.869. The van der Waals surface area contributed by atoms with Crippen LogP contribution in [0.4, 0.5) is 0 Å². The number of rotatable bonds is 1. The number of halogens is 1. The molecule has 1 aromatic rings. The molecule has 0 amide bonds. The molecule has 0 bridgehead atoms. The van der Waals surface area contributed by atoms with E-state index in [-0.39, 0.29) is 0 Å². The van der Waals surface area contributed by atoms with E-state index in [0.717, 1.165) is 11.3 Å². The Kier molecular flexibility index (Phi) is 1.98. The second-order valence-electron chi connectivity index (χ2n) is 4.86. The zero-order valence-corrected chi connectivity index (χ0v) is 9.89. The van der Waals surface area contributed by atoms with Crippen LogP contribution in [0.3, 0.4) is 0 Å². The summed E-state index contributed by atoms with van der Waals surface area (Å²) in [4.78, 5) is 0. The van der Waals surface area contributed by atoms with E-state index >= 15 is 0 Å². The minimum Gasteiger partial charge on any atom is -0.0609 e. The van der Waals surface area contributed by atoms with E-state index in [1.54, 1.807) is 5.56 Å². The zero-order chi connectivity index (χ0) is 9.60. The fourth-order valence-corrected chi connectivity index (χ4v) is 3.59. The van der Waals surface area contributed by atoms with Crippen LogP contribution in [0, 0.1) is 5.41 Å². The Bertz CT molecular complexity index is 346. The van der Waals surface area contributed by atoms with Gasteiger partial charge in [-0.1, -0.05) is 34.5 Å². The summed E-state index contributed by atoms with van der Waals surface area (Å²) >= 11 is 3.56. The molecule has 3 rings (SSSR count). The Morgan fingerprint density at radius 1 is 1.21 bits per heavy atom. The lowest BCUT2D eigenvalue weighted by atomic mass is 9.48. The van der Waals surface area contributed by atoms with Crippen LogP contribution in [-0.4, -0.2) is 0 Å². The fourth-order valence-electron chi connectivity index (χ4n) is 3.17. The van der Waals surface area contributed by atoms with Gasteiger partial charge in [-0.15, -0.1) is 0 Å². The maximum atomic E-state index is 3.56. The largest absolute Gasteiger partial charge is 0.0609 e. The first kappa shape index (κ1) is 8.96. The summed E-state index contributed by atoms with van der Waals surface area (Å²) < 4.78 is 1.23. The van der Waals surface area contributed by atoms with Crippen LogP contribution in [0.1, 0.15) is 43.6 Å². The van der Waals surface area contributed by atoms with Gasteiger partial charge in [0, 0.05) is 4.47 Å². The van der Waals surface area contributed by atoms with Gasteiger partial charge in [-0.3, -0.25) is 0 Å². The van der Waals surface area contributed by atoms with Crippen LogP contribution >= 0.6 is 15.9 Å². The Morgan fingerprint density at radius 3 is 2.57 bits per heavy atom. The molecule has 2 aliphatic rings. The number of hydrogen-bond donors (Lipinski definition) is 0. The maximum Gasteiger partial charge on any atom is 0.0178 e. The van der Waals surface area contributed by atoms with Crippen molar-refractivity contribution in [2.24, 2.45) is 5.41 Å². The van der Waals surface area contributed by atoms with E-state index in [2.05, 4.69) is 40.2 Å². The highest BCUT2D eigenvalue weighted by atomic mass is 79.9. The summed E-state index contributed by atoms with van der Waals surface area (Å²) in [6.45, 7) is 0. The van der Waals surface area contributed by atoms with E-state index in [1.165, 1.54) is 36.6 Å². The molecule has 0 aromatic heterocycles. The van der Waals surface area contributed by atoms with Crippen molar-refractivity contribution in [3.05, 3.63) is 34.3 Å². The van der Waals surface area contributed by atoms with Crippen LogP contribution in [0.25, 0.3) is 0 Å². The summed E-state index contributed by atoms with van der Waals surface area (Å²) in [7, 11) is 0. The first-order valence-corrected chi connectivity index (χ1v) is 6.35. The van der Waals surface area contributed by atoms with Crippen molar-refractivity contribution >= 4 is 15.9 Å². The lowest BCUT2D eigenvalue weighted by Crippen LogP contribution is -2.43. The molecule has 0 saturated heterocycles. The smallest absolute Gasteiger partial charge is 0.0178 e. The fraction of sp³-hybridized carbons (Fsp3) is 0.538. The van der Waals surface area contributed by atoms with Crippen LogP contribution in [-0.2, 0) is 0 Å². The van der Waals surface area contributed by atoms with Gasteiger partial charge >= 0.3 is 0 Å². The van der Waals surface area contributed by atoms with Crippen molar-refractivity contribution in [3.8, 4) is 0 Å². The van der Waals surface area contributed by atoms with Gasteiger partial charge < -0.3 is 0 Å². The second kappa shape index (κ2) is 3.10. The first-order valence-electron chi connectivity index (χ1n) is 5.56. The Morgan fingerprint density at radius 2 is 2.07 bits per heavy atom.